The summed E-state index contributed by atoms with van der Waals surface area (Å²) in [6.45, 7) is 13.2. The summed E-state index contributed by atoms with van der Waals surface area (Å²) in [4.78, 5) is 2.08. The van der Waals surface area contributed by atoms with Crippen molar-refractivity contribution in [3.05, 3.63) is 59.7 Å². The molecular formula is C24H35N3O4S2. The zero-order valence-corrected chi connectivity index (χ0v) is 22.1. The van der Waals surface area contributed by atoms with Gasteiger partial charge in [0.05, 0.1) is 16.3 Å². The molecule has 33 heavy (non-hydrogen) atoms. The molecule has 2 aromatic carbocycles. The molecule has 0 saturated carbocycles. The minimum atomic E-state index is -4.03. The predicted molar refractivity (Wildman–Crippen MR) is 134 cm³/mol. The number of nitrogens with zero attached hydrogens (tertiary/aromatic N) is 3. The molecule has 0 radical (unpaired) electrons. The lowest BCUT2D eigenvalue weighted by atomic mass is 10.2. The van der Waals surface area contributed by atoms with Crippen molar-refractivity contribution in [3.63, 3.8) is 0 Å². The molecule has 0 spiro atoms. The Morgan fingerprint density at radius 3 is 1.61 bits per heavy atom. The number of amidine groups is 1. The maximum Gasteiger partial charge on any atom is 0.283 e. The molecule has 0 fully saturated rings. The van der Waals surface area contributed by atoms with E-state index in [-0.39, 0.29) is 40.8 Å². The fraction of sp³-hybridized carbons (Fsp3) is 0.458. The highest BCUT2D eigenvalue weighted by atomic mass is 32.2. The van der Waals surface area contributed by atoms with Crippen molar-refractivity contribution in [3.8, 4) is 0 Å². The normalized spacial score (nSPS) is 13.2. The zero-order valence-electron chi connectivity index (χ0n) is 20.5. The van der Waals surface area contributed by atoms with Gasteiger partial charge in [0.25, 0.3) is 10.0 Å². The van der Waals surface area contributed by atoms with Gasteiger partial charge >= 0.3 is 0 Å². The third-order valence-electron chi connectivity index (χ3n) is 5.28. The number of likely N-dealkylation sites (N-methyl/N-ethyl adjacent to an activating group) is 1. The van der Waals surface area contributed by atoms with Gasteiger partial charge in [0.2, 0.25) is 10.0 Å². The highest BCUT2D eigenvalue weighted by molar-refractivity contribution is 7.90. The number of benzene rings is 2. The summed E-state index contributed by atoms with van der Waals surface area (Å²) < 4.78 is 58.4. The molecule has 2 rings (SSSR count). The van der Waals surface area contributed by atoms with Crippen LogP contribution in [0, 0.1) is 13.8 Å². The average Bonchev–Trinajstić information content (AvgIpc) is 2.71. The Kier molecular flexibility index (Phi) is 8.84. The minimum Gasteiger partial charge on any atom is -0.353 e. The Labute approximate surface area is 199 Å². The van der Waals surface area contributed by atoms with E-state index in [9.17, 15) is 16.8 Å². The lowest BCUT2D eigenvalue weighted by molar-refractivity contribution is 0.281. The van der Waals surface area contributed by atoms with E-state index >= 15 is 0 Å². The summed E-state index contributed by atoms with van der Waals surface area (Å²) in [6.07, 6.45) is 0. The van der Waals surface area contributed by atoms with Crippen molar-refractivity contribution in [1.82, 2.24) is 9.21 Å². The molecule has 2 aromatic rings. The van der Waals surface area contributed by atoms with Crippen molar-refractivity contribution in [2.75, 3.05) is 13.1 Å². The van der Waals surface area contributed by atoms with Crippen LogP contribution < -0.4 is 0 Å². The highest BCUT2D eigenvalue weighted by Crippen LogP contribution is 2.20. The van der Waals surface area contributed by atoms with E-state index in [2.05, 4.69) is 4.40 Å². The molecule has 0 saturated heterocycles. The zero-order chi connectivity index (χ0) is 25.0. The van der Waals surface area contributed by atoms with Gasteiger partial charge in [0.15, 0.2) is 0 Å². The third kappa shape index (κ3) is 6.65. The van der Waals surface area contributed by atoms with Gasteiger partial charge in [0, 0.05) is 18.6 Å². The van der Waals surface area contributed by atoms with E-state index < -0.39 is 20.0 Å². The number of hydrogen-bond donors (Lipinski definition) is 0. The van der Waals surface area contributed by atoms with Crippen LogP contribution in [0.1, 0.15) is 45.7 Å². The summed E-state index contributed by atoms with van der Waals surface area (Å²) in [5, 5.41) is 0. The van der Waals surface area contributed by atoms with E-state index in [4.69, 9.17) is 0 Å². The first-order chi connectivity index (χ1) is 15.3. The van der Waals surface area contributed by atoms with Gasteiger partial charge < -0.3 is 4.90 Å². The number of sulfonamides is 2. The van der Waals surface area contributed by atoms with Crippen LogP contribution in [0.15, 0.2) is 62.7 Å². The van der Waals surface area contributed by atoms with Crippen LogP contribution in [-0.2, 0) is 20.0 Å². The topological polar surface area (TPSA) is 87.1 Å². The molecule has 0 unspecified atom stereocenters. The van der Waals surface area contributed by atoms with Gasteiger partial charge in [-0.25, -0.2) is 8.42 Å². The quantitative estimate of drug-likeness (QED) is 0.386. The van der Waals surface area contributed by atoms with Crippen LogP contribution in [-0.4, -0.2) is 57.0 Å². The highest BCUT2D eigenvalue weighted by Gasteiger charge is 2.29. The monoisotopic (exact) mass is 493 g/mol. The van der Waals surface area contributed by atoms with Crippen LogP contribution in [0.25, 0.3) is 0 Å². The van der Waals surface area contributed by atoms with Crippen LogP contribution in [0.3, 0.4) is 0 Å². The van der Waals surface area contributed by atoms with Gasteiger partial charge in [-0.05, 0) is 65.8 Å². The predicted octanol–water partition coefficient (Wildman–Crippen LogP) is 4.22. The maximum atomic E-state index is 13.3. The van der Waals surface area contributed by atoms with E-state index in [1.165, 1.54) is 16.4 Å². The first-order valence-electron chi connectivity index (χ1n) is 11.0. The molecule has 0 aliphatic carbocycles. The van der Waals surface area contributed by atoms with E-state index in [0.717, 1.165) is 11.1 Å². The molecule has 0 N–H and O–H groups in total. The second kappa shape index (κ2) is 10.8. The van der Waals surface area contributed by atoms with Crippen LogP contribution in [0.2, 0.25) is 0 Å². The van der Waals surface area contributed by atoms with Gasteiger partial charge in [-0.15, -0.1) is 4.40 Å². The summed E-state index contributed by atoms with van der Waals surface area (Å²) in [6, 6.07) is 12.9. The smallest absolute Gasteiger partial charge is 0.283 e. The summed E-state index contributed by atoms with van der Waals surface area (Å²) in [7, 11) is -7.88. The SMILES string of the molecule is CCN(C/C(=N/S(=O)(=O)c1ccc(C)cc1)N(C(C)C)C(C)C)S(=O)(=O)c1ccc(C)cc1. The molecule has 0 heterocycles. The summed E-state index contributed by atoms with van der Waals surface area (Å²) in [5.41, 5.74) is 1.89. The Morgan fingerprint density at radius 1 is 0.788 bits per heavy atom. The number of aryl methyl sites for hydroxylation is 2. The van der Waals surface area contributed by atoms with Gasteiger partial charge in [-0.3, -0.25) is 0 Å². The lowest BCUT2D eigenvalue weighted by Gasteiger charge is -2.35. The molecule has 0 amide bonds. The third-order valence-corrected chi connectivity index (χ3v) is 8.54. The van der Waals surface area contributed by atoms with E-state index in [1.54, 1.807) is 43.3 Å². The average molecular weight is 494 g/mol. The Hall–Kier alpha value is -2.23. The largest absolute Gasteiger partial charge is 0.353 e. The van der Waals surface area contributed by atoms with Crippen molar-refractivity contribution in [1.29, 1.82) is 0 Å². The van der Waals surface area contributed by atoms with Crippen molar-refractivity contribution in [2.45, 2.75) is 70.3 Å². The molecule has 0 bridgehead atoms. The summed E-state index contributed by atoms with van der Waals surface area (Å²) >= 11 is 0. The van der Waals surface area contributed by atoms with Crippen LogP contribution >= 0.6 is 0 Å². The lowest BCUT2D eigenvalue weighted by Crippen LogP contribution is -2.48. The molecule has 0 aromatic heterocycles. The van der Waals surface area contributed by atoms with Crippen molar-refractivity contribution >= 4 is 25.9 Å². The van der Waals surface area contributed by atoms with E-state index in [1.807, 2.05) is 46.4 Å². The fourth-order valence-corrected chi connectivity index (χ4v) is 6.05. The first-order valence-corrected chi connectivity index (χ1v) is 13.9. The molecule has 0 aliphatic heterocycles. The Balaban J connectivity index is 2.58. The molecular weight excluding hydrogens is 458 g/mol. The van der Waals surface area contributed by atoms with Gasteiger partial charge in [-0.2, -0.15) is 12.7 Å². The molecule has 0 aliphatic rings. The van der Waals surface area contributed by atoms with E-state index in [0.29, 0.717) is 0 Å². The van der Waals surface area contributed by atoms with Gasteiger partial charge in [0.1, 0.15) is 5.84 Å². The molecule has 0 atom stereocenters. The molecule has 7 nitrogen and oxygen atoms in total. The molecule has 182 valence electrons. The van der Waals surface area contributed by atoms with Crippen molar-refractivity contribution in [2.24, 2.45) is 4.40 Å². The van der Waals surface area contributed by atoms with Gasteiger partial charge in [-0.1, -0.05) is 42.3 Å². The molecule has 9 heteroatoms. The number of rotatable bonds is 9. The van der Waals surface area contributed by atoms with Crippen LogP contribution in [0.4, 0.5) is 0 Å². The minimum absolute atomic E-state index is 0.0718. The Morgan fingerprint density at radius 2 is 1.21 bits per heavy atom. The maximum absolute atomic E-state index is 13.3. The standard InChI is InChI=1S/C24H35N3O4S2/c1-8-26(33(30,31)23-15-11-21(7)12-16-23)17-24(27(18(2)3)19(4)5)25-32(28,29)22-13-9-20(6)10-14-22/h9-16,18-19H,8,17H2,1-7H3/b25-24-. The van der Waals surface area contributed by atoms with Crippen molar-refractivity contribution < 1.29 is 16.8 Å². The fourth-order valence-electron chi connectivity index (χ4n) is 3.64. The first kappa shape index (κ1) is 27.0. The Bertz CT molecular complexity index is 1160. The van der Waals surface area contributed by atoms with Crippen LogP contribution in [0.5, 0.6) is 0 Å². The second-order valence-electron chi connectivity index (χ2n) is 8.63. The second-order valence-corrected chi connectivity index (χ2v) is 12.2. The summed E-state index contributed by atoms with van der Waals surface area (Å²) in [5.74, 6) is 0.193. The number of hydrogen-bond acceptors (Lipinski definition) is 4.